The van der Waals surface area contributed by atoms with Crippen LogP contribution in [0.15, 0.2) is 0 Å². The Balaban J connectivity index is 3.32. The molecule has 0 spiro atoms. The van der Waals surface area contributed by atoms with Crippen LogP contribution in [0.5, 0.6) is 0 Å². The molecule has 124 valence electrons. The van der Waals surface area contributed by atoms with Gasteiger partial charge in [0.15, 0.2) is 0 Å². The zero-order valence-electron chi connectivity index (χ0n) is 10.4. The monoisotopic (exact) mass is 443 g/mol. The predicted molar refractivity (Wildman–Crippen MR) is 72.9 cm³/mol. The van der Waals surface area contributed by atoms with Crippen LogP contribution >= 0.6 is 30.4 Å². The number of hydrogen-bond donors (Lipinski definition) is 7. The van der Waals surface area contributed by atoms with E-state index in [1.807, 2.05) is 0 Å². The lowest BCUT2D eigenvalue weighted by Crippen LogP contribution is -2.76. The molecule has 1 heterocycles. The molecule has 1 saturated heterocycles. The van der Waals surface area contributed by atoms with Crippen molar-refractivity contribution in [1.29, 1.82) is 0 Å². The first-order valence-electron chi connectivity index (χ1n) is 5.44. The molecule has 8 N–H and O–H groups in total. The SMILES string of the molecule is N[C@@H]1[C@@H](O)[C@H](O)[C@@](CO)(OP(=O)(O)O)O[C@@]1(O)C(=O)CI. The van der Waals surface area contributed by atoms with Crippen LogP contribution in [0.2, 0.25) is 0 Å². The normalized spacial score (nSPS) is 41.0. The van der Waals surface area contributed by atoms with Gasteiger partial charge in [0.1, 0.15) is 18.8 Å². The topological polar surface area (TPSA) is 200 Å². The van der Waals surface area contributed by atoms with Crippen molar-refractivity contribution in [3.8, 4) is 0 Å². The number of phosphoric acid groups is 1. The van der Waals surface area contributed by atoms with E-state index >= 15 is 0 Å². The van der Waals surface area contributed by atoms with Crippen LogP contribution < -0.4 is 5.73 Å². The van der Waals surface area contributed by atoms with E-state index in [-0.39, 0.29) is 4.43 Å². The highest BCUT2D eigenvalue weighted by molar-refractivity contribution is 14.1. The summed E-state index contributed by atoms with van der Waals surface area (Å²) in [6, 6.07) is -1.82. The Kier molecular flexibility index (Phi) is 5.90. The van der Waals surface area contributed by atoms with E-state index in [1.165, 1.54) is 0 Å². The lowest BCUT2D eigenvalue weighted by atomic mass is 9.87. The van der Waals surface area contributed by atoms with Gasteiger partial charge in [-0.1, -0.05) is 22.6 Å². The number of nitrogens with two attached hydrogens (primary N) is 1. The van der Waals surface area contributed by atoms with Gasteiger partial charge in [-0.3, -0.25) is 4.79 Å². The Morgan fingerprint density at radius 3 is 2.33 bits per heavy atom. The van der Waals surface area contributed by atoms with Crippen molar-refractivity contribution in [2.75, 3.05) is 11.0 Å². The van der Waals surface area contributed by atoms with Crippen molar-refractivity contribution in [3.05, 3.63) is 0 Å². The molecule has 0 aromatic rings. The van der Waals surface area contributed by atoms with Crippen molar-refractivity contribution in [3.63, 3.8) is 0 Å². The molecule has 0 bridgehead atoms. The minimum atomic E-state index is -5.32. The number of aliphatic hydroxyl groups excluding tert-OH is 3. The summed E-state index contributed by atoms with van der Waals surface area (Å²) in [5, 5.41) is 39.0. The van der Waals surface area contributed by atoms with Gasteiger partial charge in [0.25, 0.3) is 0 Å². The Bertz CT molecular complexity index is 458. The highest BCUT2D eigenvalue weighted by Crippen LogP contribution is 2.47. The van der Waals surface area contributed by atoms with E-state index in [0.717, 1.165) is 0 Å². The summed E-state index contributed by atoms with van der Waals surface area (Å²) in [6.07, 6.45) is -4.29. The minimum absolute atomic E-state index is 0.331. The number of carbonyl (C=O) groups excluding carboxylic acids is 1. The van der Waals surface area contributed by atoms with Gasteiger partial charge in [-0.05, 0) is 0 Å². The fraction of sp³-hybridized carbons (Fsp3) is 0.875. The summed E-state index contributed by atoms with van der Waals surface area (Å²) in [7, 11) is -5.32. The summed E-state index contributed by atoms with van der Waals surface area (Å²) in [5.74, 6) is -6.88. The van der Waals surface area contributed by atoms with Gasteiger partial charge in [-0.15, -0.1) is 0 Å². The van der Waals surface area contributed by atoms with Gasteiger partial charge in [-0.25, -0.2) is 9.09 Å². The minimum Gasteiger partial charge on any atom is -0.391 e. The highest BCUT2D eigenvalue weighted by Gasteiger charge is 2.64. The van der Waals surface area contributed by atoms with Crippen LogP contribution in [0, 0.1) is 0 Å². The fourth-order valence-electron chi connectivity index (χ4n) is 1.85. The number of aliphatic hydroxyl groups is 4. The van der Waals surface area contributed by atoms with Crippen molar-refractivity contribution in [2.24, 2.45) is 5.73 Å². The number of ether oxygens (including phenoxy) is 1. The van der Waals surface area contributed by atoms with Gasteiger partial charge in [-0.2, -0.15) is 0 Å². The van der Waals surface area contributed by atoms with Gasteiger partial charge >= 0.3 is 7.82 Å². The summed E-state index contributed by atoms with van der Waals surface area (Å²) in [5.41, 5.74) is 5.42. The first-order chi connectivity index (χ1) is 9.43. The highest BCUT2D eigenvalue weighted by atomic mass is 127. The number of hydrogen-bond acceptors (Lipinski definition) is 9. The lowest BCUT2D eigenvalue weighted by Gasteiger charge is -2.50. The lowest BCUT2D eigenvalue weighted by molar-refractivity contribution is -0.390. The van der Waals surface area contributed by atoms with E-state index < -0.39 is 50.0 Å². The van der Waals surface area contributed by atoms with Crippen LogP contribution in [0.1, 0.15) is 0 Å². The molecule has 11 nitrogen and oxygen atoms in total. The molecule has 1 fully saturated rings. The van der Waals surface area contributed by atoms with Crippen LogP contribution in [0.4, 0.5) is 0 Å². The van der Waals surface area contributed by atoms with Crippen molar-refractivity contribution in [1.82, 2.24) is 0 Å². The second-order valence-corrected chi connectivity index (χ2v) is 6.29. The van der Waals surface area contributed by atoms with Gasteiger partial charge in [0.05, 0.1) is 10.5 Å². The Morgan fingerprint density at radius 1 is 1.43 bits per heavy atom. The van der Waals surface area contributed by atoms with Crippen LogP contribution in [0.25, 0.3) is 0 Å². The van der Waals surface area contributed by atoms with Crippen molar-refractivity contribution in [2.45, 2.75) is 29.8 Å². The first-order valence-corrected chi connectivity index (χ1v) is 8.50. The third kappa shape index (κ3) is 3.61. The van der Waals surface area contributed by atoms with Crippen LogP contribution in [-0.4, -0.2) is 76.9 Å². The molecule has 0 aromatic carbocycles. The molecule has 21 heavy (non-hydrogen) atoms. The molecule has 0 radical (unpaired) electrons. The maximum atomic E-state index is 11.7. The summed E-state index contributed by atoms with van der Waals surface area (Å²) < 4.78 is 19.5. The molecule has 0 aromatic heterocycles. The second-order valence-electron chi connectivity index (χ2n) is 4.37. The average Bonchev–Trinajstić information content (AvgIpc) is 2.39. The molecular formula is C8H15INO10P. The third-order valence-electron chi connectivity index (χ3n) is 2.94. The van der Waals surface area contributed by atoms with Crippen LogP contribution in [-0.2, 0) is 18.6 Å². The number of ketones is 1. The Hall–Kier alpha value is 0.270. The van der Waals surface area contributed by atoms with E-state index in [1.54, 1.807) is 22.6 Å². The maximum Gasteiger partial charge on any atom is 0.472 e. The smallest absolute Gasteiger partial charge is 0.391 e. The molecule has 0 unspecified atom stereocenters. The molecule has 0 saturated carbocycles. The number of halogens is 1. The van der Waals surface area contributed by atoms with E-state index in [2.05, 4.69) is 4.52 Å². The molecule has 1 aliphatic rings. The zero-order chi connectivity index (χ0) is 16.6. The second kappa shape index (κ2) is 6.41. The summed E-state index contributed by atoms with van der Waals surface area (Å²) in [4.78, 5) is 29.3. The first kappa shape index (κ1) is 19.3. The average molecular weight is 443 g/mol. The van der Waals surface area contributed by atoms with E-state index in [0.29, 0.717) is 0 Å². The maximum absolute atomic E-state index is 11.7. The molecule has 1 rings (SSSR count). The Labute approximate surface area is 132 Å². The molecule has 0 amide bonds. The van der Waals surface area contributed by atoms with E-state index in [4.69, 9.17) is 20.3 Å². The Morgan fingerprint density at radius 2 is 1.95 bits per heavy atom. The fourth-order valence-corrected chi connectivity index (χ4v) is 3.00. The standard InChI is InChI=1S/C8H15INO10P/c9-1-3(12)8(15)5(10)4(13)6(14)7(2-11,19-8)20-21(16,17)18/h4-6,11,13-15H,1-2,10H2,(H2,16,17,18)/t4-,5-,6+,7-,8+/m1/s1. The number of carbonyl (C=O) groups is 1. The molecule has 1 aliphatic heterocycles. The largest absolute Gasteiger partial charge is 0.472 e. The molecular weight excluding hydrogens is 428 g/mol. The number of alkyl halides is 1. The summed E-state index contributed by atoms with van der Waals surface area (Å²) >= 11 is 1.55. The molecule has 13 heteroatoms. The van der Waals surface area contributed by atoms with Gasteiger partial charge in [0, 0.05) is 0 Å². The van der Waals surface area contributed by atoms with Crippen LogP contribution in [0.3, 0.4) is 0 Å². The van der Waals surface area contributed by atoms with Gasteiger partial charge < -0.3 is 40.7 Å². The summed E-state index contributed by atoms with van der Waals surface area (Å²) in [6.45, 7) is -1.38. The molecule has 0 aliphatic carbocycles. The van der Waals surface area contributed by atoms with Crippen molar-refractivity contribution >= 4 is 36.2 Å². The number of phosphoric ester groups is 1. The molecule has 5 atom stereocenters. The third-order valence-corrected chi connectivity index (χ3v) is 4.18. The predicted octanol–water partition coefficient (Wildman–Crippen LogP) is -3.44. The van der Waals surface area contributed by atoms with E-state index in [9.17, 15) is 29.8 Å². The zero-order valence-corrected chi connectivity index (χ0v) is 13.4. The van der Waals surface area contributed by atoms with Crippen molar-refractivity contribution < 1.29 is 48.8 Å². The quantitative estimate of drug-likeness (QED) is 0.127. The number of Topliss-reactive ketones (excluding diaryl/α,β-unsaturated/α-hetero) is 1. The number of rotatable bonds is 5. The van der Waals surface area contributed by atoms with Gasteiger partial charge in [0.2, 0.25) is 17.4 Å².